The Morgan fingerprint density at radius 2 is 2.07 bits per heavy atom. The van der Waals surface area contributed by atoms with Gasteiger partial charge in [-0.3, -0.25) is 0 Å². The maximum absolute atomic E-state index is 10.9. The SMILES string of the molecule is CCOC1O[C@H](C(=O)O)[C@@](C)(C(=O)O)O1. The van der Waals surface area contributed by atoms with E-state index in [1.54, 1.807) is 6.92 Å². The topological polar surface area (TPSA) is 102 Å². The Balaban J connectivity index is 2.85. The molecule has 3 atom stereocenters. The van der Waals surface area contributed by atoms with Crippen molar-refractivity contribution in [1.29, 1.82) is 0 Å². The van der Waals surface area contributed by atoms with Crippen molar-refractivity contribution in [3.63, 3.8) is 0 Å². The van der Waals surface area contributed by atoms with Crippen molar-refractivity contribution in [2.45, 2.75) is 32.0 Å². The van der Waals surface area contributed by atoms with Gasteiger partial charge in [-0.2, -0.15) is 0 Å². The third-order valence-electron chi connectivity index (χ3n) is 2.04. The molecule has 1 aliphatic rings. The fraction of sp³-hybridized carbons (Fsp3) is 0.750. The van der Waals surface area contributed by atoms with Gasteiger partial charge in [-0.05, 0) is 13.8 Å². The van der Waals surface area contributed by atoms with E-state index in [1.165, 1.54) is 0 Å². The first-order chi connectivity index (χ1) is 6.91. The van der Waals surface area contributed by atoms with Crippen LogP contribution >= 0.6 is 0 Å². The van der Waals surface area contributed by atoms with Crippen molar-refractivity contribution in [2.75, 3.05) is 6.61 Å². The maximum atomic E-state index is 10.9. The molecule has 0 bridgehead atoms. The molecule has 1 aliphatic heterocycles. The standard InChI is InChI=1S/C8H12O7/c1-3-13-7-14-4(5(9)10)8(2,15-7)6(11)12/h4,7H,3H2,1-2H3,(H,9,10)(H,11,12)/t4-,7?,8+/m1/s1. The van der Waals surface area contributed by atoms with E-state index in [4.69, 9.17) is 24.4 Å². The molecule has 0 amide bonds. The summed E-state index contributed by atoms with van der Waals surface area (Å²) >= 11 is 0. The lowest BCUT2D eigenvalue weighted by molar-refractivity contribution is -0.249. The number of ether oxygens (including phenoxy) is 3. The van der Waals surface area contributed by atoms with Crippen LogP contribution in [0, 0.1) is 0 Å². The van der Waals surface area contributed by atoms with Gasteiger partial charge in [0.25, 0.3) is 6.48 Å². The van der Waals surface area contributed by atoms with E-state index in [-0.39, 0.29) is 6.61 Å². The predicted molar refractivity (Wildman–Crippen MR) is 45.0 cm³/mol. The number of hydrogen-bond donors (Lipinski definition) is 2. The molecule has 1 saturated heterocycles. The van der Waals surface area contributed by atoms with Crippen LogP contribution in [0.2, 0.25) is 0 Å². The second-order valence-electron chi connectivity index (χ2n) is 3.13. The van der Waals surface area contributed by atoms with Crippen LogP contribution in [0.1, 0.15) is 13.8 Å². The van der Waals surface area contributed by atoms with Gasteiger partial charge in [-0.1, -0.05) is 0 Å². The summed E-state index contributed by atoms with van der Waals surface area (Å²) in [5.74, 6) is -2.81. The van der Waals surface area contributed by atoms with Gasteiger partial charge >= 0.3 is 11.9 Å². The summed E-state index contributed by atoms with van der Waals surface area (Å²) in [6, 6.07) is 0. The average Bonchev–Trinajstić information content (AvgIpc) is 2.45. The van der Waals surface area contributed by atoms with Crippen molar-refractivity contribution in [3.05, 3.63) is 0 Å². The zero-order valence-corrected chi connectivity index (χ0v) is 8.30. The molecule has 0 radical (unpaired) electrons. The normalized spacial score (nSPS) is 35.3. The highest BCUT2D eigenvalue weighted by Gasteiger charge is 2.56. The monoisotopic (exact) mass is 220 g/mol. The van der Waals surface area contributed by atoms with E-state index in [0.29, 0.717) is 0 Å². The summed E-state index contributed by atoms with van der Waals surface area (Å²) in [7, 11) is 0. The molecule has 0 aliphatic carbocycles. The summed E-state index contributed by atoms with van der Waals surface area (Å²) in [6.45, 7) is 1.76. The lowest BCUT2D eigenvalue weighted by atomic mass is 10.00. The molecular weight excluding hydrogens is 208 g/mol. The van der Waals surface area contributed by atoms with Gasteiger partial charge in [-0.25, -0.2) is 9.59 Å². The molecule has 7 heteroatoms. The number of rotatable bonds is 4. The van der Waals surface area contributed by atoms with Crippen LogP contribution in [0.5, 0.6) is 0 Å². The van der Waals surface area contributed by atoms with Gasteiger partial charge in [0.15, 0.2) is 6.10 Å². The number of aliphatic carboxylic acids is 2. The average molecular weight is 220 g/mol. The van der Waals surface area contributed by atoms with Crippen LogP contribution in [0.25, 0.3) is 0 Å². The lowest BCUT2D eigenvalue weighted by Gasteiger charge is -2.19. The number of carbonyl (C=O) groups is 2. The quantitative estimate of drug-likeness (QED) is 0.667. The van der Waals surface area contributed by atoms with Crippen LogP contribution in [-0.4, -0.2) is 46.9 Å². The Morgan fingerprint density at radius 1 is 1.47 bits per heavy atom. The molecule has 0 saturated carbocycles. The molecule has 0 aromatic carbocycles. The van der Waals surface area contributed by atoms with Crippen LogP contribution < -0.4 is 0 Å². The van der Waals surface area contributed by atoms with E-state index in [1.807, 2.05) is 0 Å². The summed E-state index contributed by atoms with van der Waals surface area (Å²) in [6.07, 6.45) is -1.58. The van der Waals surface area contributed by atoms with Crippen LogP contribution in [0.4, 0.5) is 0 Å². The van der Waals surface area contributed by atoms with Crippen LogP contribution in [0.3, 0.4) is 0 Å². The van der Waals surface area contributed by atoms with Crippen LogP contribution in [0.15, 0.2) is 0 Å². The van der Waals surface area contributed by atoms with E-state index in [9.17, 15) is 9.59 Å². The Hall–Kier alpha value is -1.18. The zero-order valence-electron chi connectivity index (χ0n) is 8.30. The molecular formula is C8H12O7. The smallest absolute Gasteiger partial charge is 0.339 e. The Morgan fingerprint density at radius 3 is 2.40 bits per heavy atom. The highest BCUT2D eigenvalue weighted by molar-refractivity contribution is 5.87. The second-order valence-corrected chi connectivity index (χ2v) is 3.13. The molecule has 86 valence electrons. The Kier molecular flexibility index (Phi) is 3.28. The van der Waals surface area contributed by atoms with Crippen molar-refractivity contribution in [2.24, 2.45) is 0 Å². The molecule has 1 unspecified atom stereocenters. The molecule has 1 rings (SSSR count). The first-order valence-electron chi connectivity index (χ1n) is 4.33. The number of carboxylic acids is 2. The lowest BCUT2D eigenvalue weighted by Crippen LogP contribution is -2.48. The predicted octanol–water partition coefficient (Wildman–Crippen LogP) is -0.350. The minimum atomic E-state index is -1.92. The maximum Gasteiger partial charge on any atom is 0.339 e. The van der Waals surface area contributed by atoms with E-state index < -0.39 is 30.1 Å². The molecule has 0 spiro atoms. The van der Waals surface area contributed by atoms with Gasteiger partial charge in [0, 0.05) is 6.61 Å². The first kappa shape index (κ1) is 11.9. The molecule has 0 aromatic heterocycles. The molecule has 7 nitrogen and oxygen atoms in total. The van der Waals surface area contributed by atoms with Crippen molar-refractivity contribution in [1.82, 2.24) is 0 Å². The van der Waals surface area contributed by atoms with Crippen molar-refractivity contribution in [3.8, 4) is 0 Å². The zero-order chi connectivity index (χ0) is 11.6. The third-order valence-corrected chi connectivity index (χ3v) is 2.04. The molecule has 15 heavy (non-hydrogen) atoms. The first-order valence-corrected chi connectivity index (χ1v) is 4.33. The highest BCUT2D eigenvalue weighted by atomic mass is 16.9. The molecule has 0 aromatic rings. The minimum absolute atomic E-state index is 0.229. The van der Waals surface area contributed by atoms with Gasteiger partial charge in [0.1, 0.15) is 0 Å². The summed E-state index contributed by atoms with van der Waals surface area (Å²) in [4.78, 5) is 21.6. The molecule has 2 N–H and O–H groups in total. The largest absolute Gasteiger partial charge is 0.479 e. The summed E-state index contributed by atoms with van der Waals surface area (Å²) < 4.78 is 14.6. The fourth-order valence-corrected chi connectivity index (χ4v) is 1.20. The Bertz CT molecular complexity index is 276. The van der Waals surface area contributed by atoms with E-state index in [0.717, 1.165) is 6.92 Å². The second kappa shape index (κ2) is 4.13. The highest BCUT2D eigenvalue weighted by Crippen LogP contribution is 2.30. The van der Waals surface area contributed by atoms with Gasteiger partial charge in [0.2, 0.25) is 5.60 Å². The molecule has 1 heterocycles. The third kappa shape index (κ3) is 2.09. The number of carboxylic acid groups (broad SMARTS) is 2. The molecule has 1 fully saturated rings. The number of hydrogen-bond acceptors (Lipinski definition) is 5. The van der Waals surface area contributed by atoms with Crippen LogP contribution in [-0.2, 0) is 23.8 Å². The van der Waals surface area contributed by atoms with Crippen molar-refractivity contribution < 1.29 is 34.0 Å². The minimum Gasteiger partial charge on any atom is -0.479 e. The summed E-state index contributed by atoms with van der Waals surface area (Å²) in [5.41, 5.74) is -1.92. The Labute approximate surface area is 85.5 Å². The fourth-order valence-electron chi connectivity index (χ4n) is 1.20. The van der Waals surface area contributed by atoms with Gasteiger partial charge in [0.05, 0.1) is 0 Å². The van der Waals surface area contributed by atoms with E-state index >= 15 is 0 Å². The van der Waals surface area contributed by atoms with Gasteiger partial charge < -0.3 is 24.4 Å². The van der Waals surface area contributed by atoms with Gasteiger partial charge in [-0.15, -0.1) is 0 Å². The van der Waals surface area contributed by atoms with E-state index in [2.05, 4.69) is 0 Å². The summed E-state index contributed by atoms with van der Waals surface area (Å²) in [5, 5.41) is 17.6. The van der Waals surface area contributed by atoms with Crippen molar-refractivity contribution >= 4 is 11.9 Å².